The van der Waals surface area contributed by atoms with Crippen molar-refractivity contribution in [2.24, 2.45) is 11.7 Å². The molecule has 0 aromatic carbocycles. The normalized spacial score (nSPS) is 36.2. The highest BCUT2D eigenvalue weighted by atomic mass is 15.0. The van der Waals surface area contributed by atoms with Gasteiger partial charge in [0.2, 0.25) is 0 Å². The fourth-order valence-corrected chi connectivity index (χ4v) is 2.38. The molecule has 0 radical (unpaired) electrons. The second kappa shape index (κ2) is 3.75. The molecule has 0 saturated heterocycles. The Balaban J connectivity index is 2.52. The van der Waals surface area contributed by atoms with E-state index in [1.54, 1.807) is 0 Å². The third-order valence-corrected chi connectivity index (χ3v) is 2.84. The lowest BCUT2D eigenvalue weighted by atomic mass is 9.95. The average molecular weight is 170 g/mol. The Labute approximate surface area is 75.9 Å². The van der Waals surface area contributed by atoms with Gasteiger partial charge in [-0.2, -0.15) is 0 Å². The minimum absolute atomic E-state index is 0.258. The summed E-state index contributed by atoms with van der Waals surface area (Å²) >= 11 is 0. The molecule has 0 aliphatic heterocycles. The molecule has 1 aliphatic carbocycles. The lowest BCUT2D eigenvalue weighted by Gasteiger charge is -2.31. The van der Waals surface area contributed by atoms with Crippen molar-refractivity contribution in [3.8, 4) is 0 Å². The van der Waals surface area contributed by atoms with Crippen LogP contribution in [-0.4, -0.2) is 18.1 Å². The Morgan fingerprint density at radius 2 is 2.25 bits per heavy atom. The molecule has 1 saturated carbocycles. The topological polar surface area (TPSA) is 38.0 Å². The van der Waals surface area contributed by atoms with Crippen LogP contribution in [0, 0.1) is 5.92 Å². The summed E-state index contributed by atoms with van der Waals surface area (Å²) < 4.78 is 0. The smallest absolute Gasteiger partial charge is 0.0308 e. The quantitative estimate of drug-likeness (QED) is 0.673. The molecule has 0 spiro atoms. The number of nitrogens with two attached hydrogens (primary N) is 1. The first-order valence-corrected chi connectivity index (χ1v) is 5.06. The van der Waals surface area contributed by atoms with E-state index in [2.05, 4.69) is 26.1 Å². The van der Waals surface area contributed by atoms with Gasteiger partial charge in [0.15, 0.2) is 0 Å². The van der Waals surface area contributed by atoms with Crippen molar-refractivity contribution in [1.82, 2.24) is 5.32 Å². The maximum Gasteiger partial charge on any atom is 0.0308 e. The highest BCUT2D eigenvalue weighted by Crippen LogP contribution is 2.33. The van der Waals surface area contributed by atoms with Crippen LogP contribution in [-0.2, 0) is 0 Å². The van der Waals surface area contributed by atoms with Crippen LogP contribution in [0.15, 0.2) is 0 Å². The Kier molecular flexibility index (Phi) is 3.13. The van der Waals surface area contributed by atoms with Crippen LogP contribution in [0.3, 0.4) is 0 Å². The van der Waals surface area contributed by atoms with Gasteiger partial charge in [0, 0.05) is 18.1 Å². The van der Waals surface area contributed by atoms with Gasteiger partial charge >= 0.3 is 0 Å². The fourth-order valence-electron chi connectivity index (χ4n) is 2.38. The van der Waals surface area contributed by atoms with E-state index in [0.717, 1.165) is 12.5 Å². The van der Waals surface area contributed by atoms with Crippen molar-refractivity contribution in [3.05, 3.63) is 0 Å². The molecule has 2 atom stereocenters. The molecule has 12 heavy (non-hydrogen) atoms. The van der Waals surface area contributed by atoms with E-state index in [1.165, 1.54) is 19.3 Å². The van der Waals surface area contributed by atoms with Crippen LogP contribution in [0.25, 0.3) is 0 Å². The Hall–Kier alpha value is -0.0800. The van der Waals surface area contributed by atoms with Crippen LogP contribution in [0.2, 0.25) is 0 Å². The molecule has 2 unspecified atom stereocenters. The molecule has 2 heteroatoms. The highest BCUT2D eigenvalue weighted by Gasteiger charge is 2.36. The summed E-state index contributed by atoms with van der Waals surface area (Å²) in [6.45, 7) is 7.50. The Bertz CT molecular complexity index is 145. The van der Waals surface area contributed by atoms with E-state index >= 15 is 0 Å². The predicted molar refractivity (Wildman–Crippen MR) is 53.1 cm³/mol. The second-order valence-corrected chi connectivity index (χ2v) is 4.63. The van der Waals surface area contributed by atoms with Crippen LogP contribution < -0.4 is 11.1 Å². The Morgan fingerprint density at radius 1 is 1.58 bits per heavy atom. The third kappa shape index (κ3) is 2.20. The van der Waals surface area contributed by atoms with Crippen LogP contribution in [0.4, 0.5) is 0 Å². The zero-order chi connectivity index (χ0) is 9.19. The number of hydrogen-bond donors (Lipinski definition) is 2. The van der Waals surface area contributed by atoms with Gasteiger partial charge in [0.1, 0.15) is 0 Å². The highest BCUT2D eigenvalue weighted by molar-refractivity contribution is 4.96. The van der Waals surface area contributed by atoms with Crippen molar-refractivity contribution < 1.29 is 0 Å². The van der Waals surface area contributed by atoms with Crippen LogP contribution in [0.5, 0.6) is 0 Å². The lowest BCUT2D eigenvalue weighted by molar-refractivity contribution is 0.305. The summed E-state index contributed by atoms with van der Waals surface area (Å²) in [5.41, 5.74) is 6.07. The third-order valence-electron chi connectivity index (χ3n) is 2.84. The zero-order valence-electron chi connectivity index (χ0n) is 8.56. The van der Waals surface area contributed by atoms with Gasteiger partial charge < -0.3 is 11.1 Å². The summed E-state index contributed by atoms with van der Waals surface area (Å²) in [6, 6.07) is 0.554. The fraction of sp³-hybridized carbons (Fsp3) is 1.00. The van der Waals surface area contributed by atoms with E-state index in [1.807, 2.05) is 0 Å². The lowest BCUT2D eigenvalue weighted by Crippen LogP contribution is -2.52. The first kappa shape index (κ1) is 10.0. The molecular weight excluding hydrogens is 148 g/mol. The van der Waals surface area contributed by atoms with E-state index < -0.39 is 0 Å². The molecule has 72 valence electrons. The number of hydrogen-bond acceptors (Lipinski definition) is 2. The summed E-state index contributed by atoms with van der Waals surface area (Å²) in [4.78, 5) is 0. The van der Waals surface area contributed by atoms with Gasteiger partial charge in [-0.05, 0) is 25.2 Å². The monoisotopic (exact) mass is 170 g/mol. The van der Waals surface area contributed by atoms with E-state index in [0.29, 0.717) is 6.04 Å². The molecule has 0 heterocycles. The van der Waals surface area contributed by atoms with Gasteiger partial charge in [0.25, 0.3) is 0 Å². The van der Waals surface area contributed by atoms with Gasteiger partial charge in [-0.25, -0.2) is 0 Å². The molecule has 2 nitrogen and oxygen atoms in total. The SMILES string of the molecule is CC1CCC(CN)(NC(C)C)C1. The maximum absolute atomic E-state index is 5.82. The van der Waals surface area contributed by atoms with Gasteiger partial charge in [-0.15, -0.1) is 0 Å². The van der Waals surface area contributed by atoms with Crippen molar-refractivity contribution in [1.29, 1.82) is 0 Å². The molecular formula is C10H22N2. The average Bonchev–Trinajstić information content (AvgIpc) is 2.32. The van der Waals surface area contributed by atoms with Crippen molar-refractivity contribution in [2.45, 2.75) is 51.6 Å². The molecule has 1 fully saturated rings. The molecule has 0 aromatic rings. The minimum atomic E-state index is 0.258. The minimum Gasteiger partial charge on any atom is -0.329 e. The molecule has 1 rings (SSSR count). The first-order chi connectivity index (χ1) is 5.58. The van der Waals surface area contributed by atoms with Crippen LogP contribution >= 0.6 is 0 Å². The van der Waals surface area contributed by atoms with E-state index in [4.69, 9.17) is 5.73 Å². The molecule has 0 aromatic heterocycles. The number of rotatable bonds is 3. The molecule has 0 bridgehead atoms. The van der Waals surface area contributed by atoms with Gasteiger partial charge in [0.05, 0.1) is 0 Å². The second-order valence-electron chi connectivity index (χ2n) is 4.63. The first-order valence-electron chi connectivity index (χ1n) is 5.06. The molecule has 3 N–H and O–H groups in total. The summed E-state index contributed by atoms with van der Waals surface area (Å²) in [5.74, 6) is 0.847. The van der Waals surface area contributed by atoms with Crippen LogP contribution in [0.1, 0.15) is 40.0 Å². The van der Waals surface area contributed by atoms with E-state index in [-0.39, 0.29) is 5.54 Å². The maximum atomic E-state index is 5.82. The van der Waals surface area contributed by atoms with Gasteiger partial charge in [-0.1, -0.05) is 20.8 Å². The zero-order valence-corrected chi connectivity index (χ0v) is 8.56. The Morgan fingerprint density at radius 3 is 2.58 bits per heavy atom. The van der Waals surface area contributed by atoms with Crippen molar-refractivity contribution >= 4 is 0 Å². The number of nitrogens with one attached hydrogen (secondary N) is 1. The summed E-state index contributed by atoms with van der Waals surface area (Å²) in [7, 11) is 0. The summed E-state index contributed by atoms with van der Waals surface area (Å²) in [5, 5.41) is 3.61. The largest absolute Gasteiger partial charge is 0.329 e. The van der Waals surface area contributed by atoms with Crippen molar-refractivity contribution in [2.75, 3.05) is 6.54 Å². The van der Waals surface area contributed by atoms with Gasteiger partial charge in [-0.3, -0.25) is 0 Å². The van der Waals surface area contributed by atoms with E-state index in [9.17, 15) is 0 Å². The summed E-state index contributed by atoms with van der Waals surface area (Å²) in [6.07, 6.45) is 3.83. The molecule has 1 aliphatic rings. The molecule has 0 amide bonds. The van der Waals surface area contributed by atoms with Crippen molar-refractivity contribution in [3.63, 3.8) is 0 Å². The standard InChI is InChI=1S/C10H22N2/c1-8(2)12-10(7-11)5-4-9(3)6-10/h8-9,12H,4-7,11H2,1-3H3. The predicted octanol–water partition coefficient (Wildman–Crippen LogP) is 1.50.